The van der Waals surface area contributed by atoms with Crippen LogP contribution in [-0.2, 0) is 4.79 Å². The molecule has 0 spiro atoms. The molecule has 2 aromatic rings. The fourth-order valence-corrected chi connectivity index (χ4v) is 2.74. The number of nitrogens with zero attached hydrogens (tertiary/aromatic N) is 1. The van der Waals surface area contributed by atoms with E-state index in [2.05, 4.69) is 22.1 Å². The summed E-state index contributed by atoms with van der Waals surface area (Å²) in [4.78, 5) is 16.2. The van der Waals surface area contributed by atoms with Crippen molar-refractivity contribution in [2.75, 3.05) is 5.32 Å². The largest absolute Gasteiger partial charge is 0.302 e. The molecule has 0 radical (unpaired) electrons. The summed E-state index contributed by atoms with van der Waals surface area (Å²) < 4.78 is 1.10. The highest BCUT2D eigenvalue weighted by Gasteiger charge is 2.08. The van der Waals surface area contributed by atoms with E-state index >= 15 is 0 Å². The summed E-state index contributed by atoms with van der Waals surface area (Å²) in [6.45, 7) is 3.83. The Labute approximate surface area is 117 Å². The first-order valence-electron chi connectivity index (χ1n) is 6.26. The van der Waals surface area contributed by atoms with Crippen molar-refractivity contribution in [2.45, 2.75) is 33.1 Å². The highest BCUT2D eigenvalue weighted by atomic mass is 32.1. The van der Waals surface area contributed by atoms with Crippen molar-refractivity contribution in [1.82, 2.24) is 4.98 Å². The molecule has 0 unspecified atom stereocenters. The van der Waals surface area contributed by atoms with Crippen LogP contribution in [0.4, 0.5) is 5.13 Å². The van der Waals surface area contributed by atoms with Crippen LogP contribution >= 0.6 is 11.3 Å². The maximum absolute atomic E-state index is 11.7. The van der Waals surface area contributed by atoms with Gasteiger partial charge in [0, 0.05) is 12.8 Å². The Hall–Kier alpha value is -1.86. The standard InChI is InChI=1S/C15H16N2OS/c1-3-4-5-6-10-13(18)16-15-17-14-11(2)8-7-9-12(14)19-15/h7-9H,5-6,10H2,1-2H3,(H,16,17,18). The van der Waals surface area contributed by atoms with Gasteiger partial charge in [-0.3, -0.25) is 4.79 Å². The lowest BCUT2D eigenvalue weighted by molar-refractivity contribution is -0.116. The van der Waals surface area contributed by atoms with Gasteiger partial charge in [-0.05, 0) is 31.9 Å². The van der Waals surface area contributed by atoms with E-state index in [4.69, 9.17) is 0 Å². The zero-order valence-corrected chi connectivity index (χ0v) is 11.9. The van der Waals surface area contributed by atoms with E-state index in [9.17, 15) is 4.79 Å². The van der Waals surface area contributed by atoms with Crippen LogP contribution in [0.3, 0.4) is 0 Å². The van der Waals surface area contributed by atoms with Gasteiger partial charge in [-0.1, -0.05) is 23.5 Å². The van der Waals surface area contributed by atoms with Crippen molar-refractivity contribution < 1.29 is 4.79 Å². The number of aromatic nitrogens is 1. The molecule has 0 aliphatic heterocycles. The monoisotopic (exact) mass is 272 g/mol. The average molecular weight is 272 g/mol. The lowest BCUT2D eigenvalue weighted by Gasteiger charge is -1.99. The zero-order chi connectivity index (χ0) is 13.7. The molecule has 1 aromatic heterocycles. The van der Waals surface area contributed by atoms with E-state index in [1.807, 2.05) is 32.0 Å². The lowest BCUT2D eigenvalue weighted by Crippen LogP contribution is -2.10. The van der Waals surface area contributed by atoms with Crippen LogP contribution in [0.2, 0.25) is 0 Å². The van der Waals surface area contributed by atoms with Gasteiger partial charge < -0.3 is 5.32 Å². The van der Waals surface area contributed by atoms with Crippen LogP contribution in [0.15, 0.2) is 18.2 Å². The maximum atomic E-state index is 11.7. The Morgan fingerprint density at radius 1 is 1.47 bits per heavy atom. The number of fused-ring (bicyclic) bond motifs is 1. The van der Waals surface area contributed by atoms with E-state index in [1.54, 1.807) is 0 Å². The van der Waals surface area contributed by atoms with Crippen LogP contribution in [0.1, 0.15) is 31.7 Å². The summed E-state index contributed by atoms with van der Waals surface area (Å²) in [6, 6.07) is 6.05. The SMILES string of the molecule is CC#CCCCC(=O)Nc1nc2c(C)cccc2s1. The van der Waals surface area contributed by atoms with Crippen LogP contribution < -0.4 is 5.32 Å². The topological polar surface area (TPSA) is 42.0 Å². The number of amides is 1. The number of thiazole rings is 1. The molecule has 2 rings (SSSR count). The van der Waals surface area contributed by atoms with Crippen molar-refractivity contribution >= 4 is 32.6 Å². The van der Waals surface area contributed by atoms with Crippen LogP contribution in [0, 0.1) is 18.8 Å². The van der Waals surface area contributed by atoms with Crippen molar-refractivity contribution in [3.63, 3.8) is 0 Å². The summed E-state index contributed by atoms with van der Waals surface area (Å²) in [5, 5.41) is 3.53. The number of rotatable bonds is 4. The third-order valence-electron chi connectivity index (χ3n) is 2.75. The van der Waals surface area contributed by atoms with E-state index in [0.717, 1.165) is 28.6 Å². The van der Waals surface area contributed by atoms with Gasteiger partial charge in [0.25, 0.3) is 0 Å². The molecule has 0 fully saturated rings. The molecule has 0 aliphatic carbocycles. The molecule has 0 saturated heterocycles. The fraction of sp³-hybridized carbons (Fsp3) is 0.333. The minimum absolute atomic E-state index is 0.00890. The summed E-state index contributed by atoms with van der Waals surface area (Å²) in [5.74, 6) is 5.79. The predicted molar refractivity (Wildman–Crippen MR) is 80.3 cm³/mol. The number of aryl methyl sites for hydroxylation is 1. The molecule has 4 heteroatoms. The summed E-state index contributed by atoms with van der Waals surface area (Å²) in [5.41, 5.74) is 2.10. The van der Waals surface area contributed by atoms with E-state index in [-0.39, 0.29) is 5.91 Å². The van der Waals surface area contributed by atoms with Crippen molar-refractivity contribution in [3.05, 3.63) is 23.8 Å². The third kappa shape index (κ3) is 3.55. The Bertz CT molecular complexity index is 649. The van der Waals surface area contributed by atoms with Gasteiger partial charge in [-0.15, -0.1) is 11.8 Å². The number of carbonyl (C=O) groups is 1. The number of hydrogen-bond donors (Lipinski definition) is 1. The lowest BCUT2D eigenvalue weighted by atomic mass is 10.2. The number of para-hydroxylation sites is 1. The van der Waals surface area contributed by atoms with E-state index < -0.39 is 0 Å². The van der Waals surface area contributed by atoms with E-state index in [1.165, 1.54) is 11.3 Å². The smallest absolute Gasteiger partial charge is 0.226 e. The molecule has 98 valence electrons. The Kier molecular flexibility index (Phi) is 4.53. The first-order valence-corrected chi connectivity index (χ1v) is 7.08. The fourth-order valence-electron chi connectivity index (χ4n) is 1.78. The minimum atomic E-state index is 0.00890. The number of nitrogens with one attached hydrogen (secondary N) is 1. The second-order valence-corrected chi connectivity index (χ2v) is 5.30. The molecule has 1 heterocycles. The minimum Gasteiger partial charge on any atom is -0.302 e. The molecule has 0 atom stereocenters. The first kappa shape index (κ1) is 13.6. The number of unbranched alkanes of at least 4 members (excludes halogenated alkanes) is 1. The number of carbonyl (C=O) groups excluding carboxylic acids is 1. The number of hydrogen-bond acceptors (Lipinski definition) is 3. The number of anilines is 1. The Morgan fingerprint density at radius 2 is 2.32 bits per heavy atom. The van der Waals surface area contributed by atoms with Crippen LogP contribution in [-0.4, -0.2) is 10.9 Å². The Morgan fingerprint density at radius 3 is 3.05 bits per heavy atom. The van der Waals surface area contributed by atoms with Crippen molar-refractivity contribution in [2.24, 2.45) is 0 Å². The number of benzene rings is 1. The van der Waals surface area contributed by atoms with Crippen LogP contribution in [0.25, 0.3) is 10.2 Å². The zero-order valence-electron chi connectivity index (χ0n) is 11.1. The summed E-state index contributed by atoms with van der Waals surface area (Å²) >= 11 is 1.51. The second-order valence-electron chi connectivity index (χ2n) is 4.27. The van der Waals surface area contributed by atoms with Crippen molar-refractivity contribution in [1.29, 1.82) is 0 Å². The quantitative estimate of drug-likeness (QED) is 0.680. The molecule has 1 amide bonds. The van der Waals surface area contributed by atoms with Gasteiger partial charge >= 0.3 is 0 Å². The van der Waals surface area contributed by atoms with Crippen molar-refractivity contribution in [3.8, 4) is 11.8 Å². The van der Waals surface area contributed by atoms with Gasteiger partial charge in [0.05, 0.1) is 10.2 Å². The first-order chi connectivity index (χ1) is 9.20. The Balaban J connectivity index is 1.98. The molecule has 0 saturated carbocycles. The molecule has 19 heavy (non-hydrogen) atoms. The van der Waals surface area contributed by atoms with Gasteiger partial charge in [-0.2, -0.15) is 0 Å². The molecular weight excluding hydrogens is 256 g/mol. The predicted octanol–water partition coefficient (Wildman–Crippen LogP) is 3.74. The molecular formula is C15H16N2OS. The third-order valence-corrected chi connectivity index (χ3v) is 3.69. The average Bonchev–Trinajstić information content (AvgIpc) is 2.79. The second kappa shape index (κ2) is 6.35. The van der Waals surface area contributed by atoms with E-state index in [0.29, 0.717) is 11.6 Å². The van der Waals surface area contributed by atoms with Gasteiger partial charge in [0.1, 0.15) is 0 Å². The molecule has 0 aliphatic rings. The molecule has 0 bridgehead atoms. The van der Waals surface area contributed by atoms with Gasteiger partial charge in [0.2, 0.25) is 5.91 Å². The summed E-state index contributed by atoms with van der Waals surface area (Å²) in [7, 11) is 0. The van der Waals surface area contributed by atoms with Crippen LogP contribution in [0.5, 0.6) is 0 Å². The normalized spacial score (nSPS) is 10.0. The highest BCUT2D eigenvalue weighted by Crippen LogP contribution is 2.27. The maximum Gasteiger partial charge on any atom is 0.226 e. The van der Waals surface area contributed by atoms with Gasteiger partial charge in [-0.25, -0.2) is 4.98 Å². The summed E-state index contributed by atoms with van der Waals surface area (Å²) in [6.07, 6.45) is 2.04. The van der Waals surface area contributed by atoms with Gasteiger partial charge in [0.15, 0.2) is 5.13 Å². The molecule has 3 nitrogen and oxygen atoms in total. The highest BCUT2D eigenvalue weighted by molar-refractivity contribution is 7.22. The molecule has 1 aromatic carbocycles. The molecule has 1 N–H and O–H groups in total.